The van der Waals surface area contributed by atoms with Gasteiger partial charge in [0.25, 0.3) is 10.0 Å². The molecule has 7 nitrogen and oxygen atoms in total. The van der Waals surface area contributed by atoms with Crippen molar-refractivity contribution >= 4 is 50.9 Å². The molecule has 0 aromatic heterocycles. The van der Waals surface area contributed by atoms with E-state index in [1.54, 1.807) is 67.6 Å². The Morgan fingerprint density at radius 1 is 0.949 bits per heavy atom. The summed E-state index contributed by atoms with van der Waals surface area (Å²) in [6.45, 7) is 6.72. The molecule has 0 radical (unpaired) electrons. The molecule has 0 aliphatic rings. The number of hydrogen-bond donors (Lipinski definition) is 1. The van der Waals surface area contributed by atoms with Crippen LogP contribution in [0, 0.1) is 6.92 Å². The molecule has 0 heterocycles. The number of thioether (sulfide) groups is 1. The molecule has 3 aromatic rings. The van der Waals surface area contributed by atoms with Crippen LogP contribution >= 0.6 is 23.4 Å². The van der Waals surface area contributed by atoms with Crippen LogP contribution in [0.25, 0.3) is 0 Å². The van der Waals surface area contributed by atoms with Gasteiger partial charge >= 0.3 is 0 Å². The van der Waals surface area contributed by atoms with Crippen LogP contribution in [0.1, 0.15) is 31.9 Å². The maximum atomic E-state index is 13.9. The van der Waals surface area contributed by atoms with E-state index in [-0.39, 0.29) is 23.4 Å². The first-order valence-corrected chi connectivity index (χ1v) is 15.5. The predicted octanol–water partition coefficient (Wildman–Crippen LogP) is 5.51. The second-order valence-corrected chi connectivity index (χ2v) is 12.6. The van der Waals surface area contributed by atoms with Crippen molar-refractivity contribution in [2.75, 3.05) is 17.1 Å². The minimum absolute atomic E-state index is 0.0371. The highest BCUT2D eigenvalue weighted by molar-refractivity contribution is 7.98. The number of hydrogen-bond acceptors (Lipinski definition) is 5. The van der Waals surface area contributed by atoms with Crippen LogP contribution in [-0.4, -0.2) is 50.0 Å². The quantitative estimate of drug-likeness (QED) is 0.299. The van der Waals surface area contributed by atoms with Gasteiger partial charge in [-0.05, 0) is 82.0 Å². The van der Waals surface area contributed by atoms with Crippen LogP contribution < -0.4 is 9.62 Å². The van der Waals surface area contributed by atoms with Gasteiger partial charge in [-0.3, -0.25) is 13.9 Å². The summed E-state index contributed by atoms with van der Waals surface area (Å²) in [6.07, 6.45) is 1.91. The molecule has 2 amide bonds. The Bertz CT molecular complexity index is 1390. The predicted molar refractivity (Wildman–Crippen MR) is 159 cm³/mol. The van der Waals surface area contributed by atoms with Gasteiger partial charge in [0.15, 0.2) is 0 Å². The number of halogens is 1. The Kier molecular flexibility index (Phi) is 10.5. The van der Waals surface area contributed by atoms with E-state index in [4.69, 9.17) is 11.6 Å². The molecule has 0 saturated carbocycles. The fraction of sp³-hybridized carbons (Fsp3) is 0.310. The molecule has 39 heavy (non-hydrogen) atoms. The van der Waals surface area contributed by atoms with E-state index in [0.29, 0.717) is 16.3 Å². The van der Waals surface area contributed by atoms with E-state index < -0.39 is 28.5 Å². The van der Waals surface area contributed by atoms with Gasteiger partial charge in [-0.2, -0.15) is 0 Å². The summed E-state index contributed by atoms with van der Waals surface area (Å²) in [5.41, 5.74) is 1.94. The van der Waals surface area contributed by atoms with Crippen LogP contribution in [0.15, 0.2) is 82.6 Å². The molecule has 0 spiro atoms. The maximum absolute atomic E-state index is 13.9. The molecule has 3 aromatic carbocycles. The van der Waals surface area contributed by atoms with E-state index in [0.717, 1.165) is 14.8 Å². The SMILES string of the molecule is CSc1ccc(S(=O)(=O)N(CC(=O)N(Cc2ccccc2Cl)[C@@H](C)C(=O)NC(C)C)c2ccc(C)cc2)cc1. The van der Waals surface area contributed by atoms with Crippen molar-refractivity contribution in [3.63, 3.8) is 0 Å². The summed E-state index contributed by atoms with van der Waals surface area (Å²) >= 11 is 7.89. The van der Waals surface area contributed by atoms with Crippen molar-refractivity contribution in [1.29, 1.82) is 0 Å². The number of carbonyl (C=O) groups excluding carboxylic acids is 2. The molecule has 10 heteroatoms. The van der Waals surface area contributed by atoms with Crippen LogP contribution in [-0.2, 0) is 26.2 Å². The summed E-state index contributed by atoms with van der Waals surface area (Å²) in [5, 5.41) is 3.28. The van der Waals surface area contributed by atoms with Crippen molar-refractivity contribution in [2.24, 2.45) is 0 Å². The lowest BCUT2D eigenvalue weighted by Crippen LogP contribution is -2.52. The minimum Gasteiger partial charge on any atom is -0.352 e. The summed E-state index contributed by atoms with van der Waals surface area (Å²) in [6, 6.07) is 19.5. The molecule has 208 valence electrons. The van der Waals surface area contributed by atoms with E-state index in [1.807, 2.05) is 27.0 Å². The number of nitrogens with one attached hydrogen (secondary N) is 1. The zero-order chi connectivity index (χ0) is 28.7. The van der Waals surface area contributed by atoms with Crippen LogP contribution in [0.5, 0.6) is 0 Å². The van der Waals surface area contributed by atoms with Crippen LogP contribution in [0.4, 0.5) is 5.69 Å². The summed E-state index contributed by atoms with van der Waals surface area (Å²) in [4.78, 5) is 29.2. The van der Waals surface area contributed by atoms with E-state index in [1.165, 1.54) is 28.8 Å². The summed E-state index contributed by atoms with van der Waals surface area (Å²) < 4.78 is 28.9. The van der Waals surface area contributed by atoms with Gasteiger partial charge in [0.2, 0.25) is 11.8 Å². The third-order valence-corrected chi connectivity index (χ3v) is 9.05. The first-order chi connectivity index (χ1) is 18.4. The lowest BCUT2D eigenvalue weighted by molar-refractivity contribution is -0.139. The molecule has 1 atom stereocenters. The minimum atomic E-state index is -4.12. The molecular weight excluding hydrogens is 554 g/mol. The third-order valence-electron chi connectivity index (χ3n) is 6.15. The lowest BCUT2D eigenvalue weighted by Gasteiger charge is -2.32. The number of nitrogens with zero attached hydrogens (tertiary/aromatic N) is 2. The zero-order valence-electron chi connectivity index (χ0n) is 22.7. The molecule has 0 aliphatic heterocycles. The molecule has 0 fully saturated rings. The van der Waals surface area contributed by atoms with Gasteiger partial charge in [-0.25, -0.2) is 8.42 Å². The number of sulfonamides is 1. The first-order valence-electron chi connectivity index (χ1n) is 12.5. The highest BCUT2D eigenvalue weighted by atomic mass is 35.5. The van der Waals surface area contributed by atoms with Crippen molar-refractivity contribution in [2.45, 2.75) is 56.1 Å². The number of carbonyl (C=O) groups is 2. The number of aryl methyl sites for hydroxylation is 1. The standard InChI is InChI=1S/C29H34ClN3O4S2/c1-20(2)31-29(35)22(4)32(18-23-8-6-7-9-27(23)30)28(34)19-33(24-12-10-21(3)11-13-24)39(36,37)26-16-14-25(38-5)15-17-26/h6-17,20,22H,18-19H2,1-5H3,(H,31,35)/t22-/m0/s1. The largest absolute Gasteiger partial charge is 0.352 e. The molecule has 0 saturated heterocycles. The summed E-state index contributed by atoms with van der Waals surface area (Å²) in [7, 11) is -4.12. The number of rotatable bonds is 11. The Morgan fingerprint density at radius 3 is 2.13 bits per heavy atom. The van der Waals surface area contributed by atoms with E-state index >= 15 is 0 Å². The lowest BCUT2D eigenvalue weighted by atomic mass is 10.1. The van der Waals surface area contributed by atoms with Gasteiger partial charge < -0.3 is 10.2 Å². The highest BCUT2D eigenvalue weighted by Gasteiger charge is 2.33. The fourth-order valence-corrected chi connectivity index (χ4v) is 5.93. The number of amides is 2. The fourth-order valence-electron chi connectivity index (χ4n) is 3.91. The Labute approximate surface area is 240 Å². The highest BCUT2D eigenvalue weighted by Crippen LogP contribution is 2.27. The van der Waals surface area contributed by atoms with Crippen molar-refractivity contribution in [1.82, 2.24) is 10.2 Å². The maximum Gasteiger partial charge on any atom is 0.264 e. The van der Waals surface area contributed by atoms with E-state index in [9.17, 15) is 18.0 Å². The number of benzene rings is 3. The molecule has 3 rings (SSSR count). The van der Waals surface area contributed by atoms with Gasteiger partial charge in [0, 0.05) is 22.5 Å². The molecular formula is C29H34ClN3O4S2. The molecule has 1 N–H and O–H groups in total. The van der Waals surface area contributed by atoms with Gasteiger partial charge in [-0.1, -0.05) is 47.5 Å². The summed E-state index contributed by atoms with van der Waals surface area (Å²) in [5.74, 6) is -0.881. The van der Waals surface area contributed by atoms with Gasteiger partial charge in [0.05, 0.1) is 10.6 Å². The zero-order valence-corrected chi connectivity index (χ0v) is 25.1. The average Bonchev–Trinajstić information content (AvgIpc) is 2.91. The second kappa shape index (κ2) is 13.4. The Morgan fingerprint density at radius 2 is 1.56 bits per heavy atom. The van der Waals surface area contributed by atoms with E-state index in [2.05, 4.69) is 5.32 Å². The van der Waals surface area contributed by atoms with Gasteiger partial charge in [-0.15, -0.1) is 11.8 Å². The normalized spacial score (nSPS) is 12.2. The molecule has 0 bridgehead atoms. The second-order valence-electron chi connectivity index (χ2n) is 9.48. The smallest absolute Gasteiger partial charge is 0.264 e. The van der Waals surface area contributed by atoms with Crippen molar-refractivity contribution in [3.8, 4) is 0 Å². The Hall–Kier alpha value is -3.01. The van der Waals surface area contributed by atoms with Crippen LogP contribution in [0.2, 0.25) is 5.02 Å². The van der Waals surface area contributed by atoms with Crippen molar-refractivity contribution in [3.05, 3.63) is 88.9 Å². The first kappa shape index (κ1) is 30.5. The third kappa shape index (κ3) is 7.77. The molecule has 0 unspecified atom stereocenters. The number of anilines is 1. The van der Waals surface area contributed by atoms with Crippen LogP contribution in [0.3, 0.4) is 0 Å². The molecule has 0 aliphatic carbocycles. The average molecular weight is 588 g/mol. The van der Waals surface area contributed by atoms with Crippen molar-refractivity contribution < 1.29 is 18.0 Å². The monoisotopic (exact) mass is 587 g/mol. The topological polar surface area (TPSA) is 86.8 Å². The van der Waals surface area contributed by atoms with Gasteiger partial charge in [0.1, 0.15) is 12.6 Å². The Balaban J connectivity index is 2.04.